The SMILES string of the molecule is CSc1nccc(N2CNc3cc(-c4ccnc(Cl)n4)ccc32)n1. The van der Waals surface area contributed by atoms with Gasteiger partial charge in [0.1, 0.15) is 5.82 Å². The Morgan fingerprint density at radius 3 is 2.83 bits per heavy atom. The van der Waals surface area contributed by atoms with E-state index >= 15 is 0 Å². The fourth-order valence-electron chi connectivity index (χ4n) is 2.60. The third-order valence-electron chi connectivity index (χ3n) is 3.71. The Labute approximate surface area is 148 Å². The van der Waals surface area contributed by atoms with Crippen LogP contribution in [0.1, 0.15) is 0 Å². The van der Waals surface area contributed by atoms with Crippen molar-refractivity contribution in [3.8, 4) is 11.3 Å². The molecular weight excluding hydrogens is 344 g/mol. The predicted molar refractivity (Wildman–Crippen MR) is 96.9 cm³/mol. The Kier molecular flexibility index (Phi) is 3.95. The third kappa shape index (κ3) is 2.76. The molecule has 3 heterocycles. The molecule has 0 atom stereocenters. The zero-order chi connectivity index (χ0) is 16.5. The number of anilines is 3. The first kappa shape index (κ1) is 15.2. The van der Waals surface area contributed by atoms with Gasteiger partial charge in [0, 0.05) is 18.0 Å². The van der Waals surface area contributed by atoms with Crippen molar-refractivity contribution in [3.63, 3.8) is 0 Å². The van der Waals surface area contributed by atoms with Gasteiger partial charge in [0.25, 0.3) is 0 Å². The lowest BCUT2D eigenvalue weighted by Gasteiger charge is -2.17. The van der Waals surface area contributed by atoms with Gasteiger partial charge in [-0.1, -0.05) is 17.8 Å². The third-order valence-corrected chi connectivity index (χ3v) is 4.46. The van der Waals surface area contributed by atoms with E-state index < -0.39 is 0 Å². The van der Waals surface area contributed by atoms with E-state index in [-0.39, 0.29) is 5.28 Å². The summed E-state index contributed by atoms with van der Waals surface area (Å²) < 4.78 is 0. The fourth-order valence-corrected chi connectivity index (χ4v) is 3.10. The lowest BCUT2D eigenvalue weighted by molar-refractivity contribution is 0.929. The monoisotopic (exact) mass is 356 g/mol. The average Bonchev–Trinajstić information content (AvgIpc) is 3.05. The van der Waals surface area contributed by atoms with E-state index in [1.54, 1.807) is 12.4 Å². The van der Waals surface area contributed by atoms with Gasteiger partial charge in [-0.25, -0.2) is 19.9 Å². The number of rotatable bonds is 3. The number of hydrogen-bond donors (Lipinski definition) is 1. The highest BCUT2D eigenvalue weighted by Gasteiger charge is 2.22. The van der Waals surface area contributed by atoms with Crippen molar-refractivity contribution >= 4 is 40.6 Å². The van der Waals surface area contributed by atoms with Crippen LogP contribution in [-0.2, 0) is 0 Å². The quantitative estimate of drug-likeness (QED) is 0.565. The van der Waals surface area contributed by atoms with E-state index in [1.165, 1.54) is 11.8 Å². The lowest BCUT2D eigenvalue weighted by Crippen LogP contribution is -2.17. The minimum absolute atomic E-state index is 0.244. The van der Waals surface area contributed by atoms with Gasteiger partial charge in [-0.2, -0.15) is 0 Å². The Bertz CT molecular complexity index is 903. The van der Waals surface area contributed by atoms with Crippen LogP contribution in [0, 0.1) is 0 Å². The maximum absolute atomic E-state index is 5.88. The molecule has 24 heavy (non-hydrogen) atoms. The highest BCUT2D eigenvalue weighted by atomic mass is 35.5. The maximum atomic E-state index is 5.88. The minimum atomic E-state index is 0.244. The van der Waals surface area contributed by atoms with Crippen LogP contribution in [0.3, 0.4) is 0 Å². The van der Waals surface area contributed by atoms with E-state index in [0.717, 1.165) is 33.6 Å². The molecule has 1 aromatic carbocycles. The van der Waals surface area contributed by atoms with Crippen molar-refractivity contribution in [1.82, 2.24) is 19.9 Å². The molecule has 0 saturated heterocycles. The second-order valence-corrected chi connectivity index (χ2v) is 6.22. The predicted octanol–water partition coefficient (Wildman–Crippen LogP) is 3.83. The number of fused-ring (bicyclic) bond motifs is 1. The summed E-state index contributed by atoms with van der Waals surface area (Å²) in [5, 5.41) is 4.39. The van der Waals surface area contributed by atoms with E-state index in [9.17, 15) is 0 Å². The van der Waals surface area contributed by atoms with Crippen molar-refractivity contribution < 1.29 is 0 Å². The Morgan fingerprint density at radius 1 is 1.12 bits per heavy atom. The highest BCUT2D eigenvalue weighted by Crippen LogP contribution is 2.38. The van der Waals surface area contributed by atoms with E-state index in [4.69, 9.17) is 11.6 Å². The van der Waals surface area contributed by atoms with Gasteiger partial charge in [-0.05, 0) is 42.1 Å². The van der Waals surface area contributed by atoms with E-state index in [2.05, 4.69) is 42.3 Å². The van der Waals surface area contributed by atoms with Crippen LogP contribution in [0.4, 0.5) is 17.2 Å². The molecule has 120 valence electrons. The van der Waals surface area contributed by atoms with Gasteiger partial charge >= 0.3 is 0 Å². The molecule has 0 aliphatic carbocycles. The number of nitrogens with zero attached hydrogens (tertiary/aromatic N) is 5. The van der Waals surface area contributed by atoms with Crippen molar-refractivity contribution in [2.75, 3.05) is 23.1 Å². The summed E-state index contributed by atoms with van der Waals surface area (Å²) in [5.74, 6) is 0.874. The van der Waals surface area contributed by atoms with Gasteiger partial charge in [0.05, 0.1) is 23.7 Å². The van der Waals surface area contributed by atoms with Gasteiger partial charge in [0.15, 0.2) is 5.16 Å². The number of nitrogens with one attached hydrogen (secondary N) is 1. The summed E-state index contributed by atoms with van der Waals surface area (Å²) in [6.07, 6.45) is 5.40. The van der Waals surface area contributed by atoms with Gasteiger partial charge in [-0.15, -0.1) is 0 Å². The molecule has 0 unspecified atom stereocenters. The number of benzene rings is 1. The minimum Gasteiger partial charge on any atom is -0.366 e. The topological polar surface area (TPSA) is 66.8 Å². The van der Waals surface area contributed by atoms with Crippen LogP contribution < -0.4 is 10.2 Å². The molecule has 2 aromatic heterocycles. The molecule has 6 nitrogen and oxygen atoms in total. The largest absolute Gasteiger partial charge is 0.366 e. The van der Waals surface area contributed by atoms with Crippen LogP contribution >= 0.6 is 23.4 Å². The van der Waals surface area contributed by atoms with Crippen molar-refractivity contribution in [2.24, 2.45) is 0 Å². The van der Waals surface area contributed by atoms with Crippen LogP contribution in [0.5, 0.6) is 0 Å². The van der Waals surface area contributed by atoms with Gasteiger partial charge < -0.3 is 10.2 Å². The first-order chi connectivity index (χ1) is 11.7. The summed E-state index contributed by atoms with van der Waals surface area (Å²) in [5.41, 5.74) is 3.89. The molecule has 1 aliphatic heterocycles. The summed E-state index contributed by atoms with van der Waals surface area (Å²) in [4.78, 5) is 19.1. The Hall–Kier alpha value is -2.38. The number of aromatic nitrogens is 4. The first-order valence-corrected chi connectivity index (χ1v) is 8.86. The van der Waals surface area contributed by atoms with Crippen LogP contribution in [0.25, 0.3) is 11.3 Å². The standard InChI is InChI=1S/C16H13ClN6S/c1-24-16-19-7-5-14(22-16)23-9-20-12-8-10(2-3-13(12)23)11-4-6-18-15(17)21-11/h2-8,20H,9H2,1H3. The van der Waals surface area contributed by atoms with Crippen molar-refractivity contribution in [2.45, 2.75) is 5.16 Å². The van der Waals surface area contributed by atoms with E-state index in [0.29, 0.717) is 6.67 Å². The lowest BCUT2D eigenvalue weighted by atomic mass is 10.1. The fraction of sp³-hybridized carbons (Fsp3) is 0.125. The molecule has 0 spiro atoms. The molecule has 0 fully saturated rings. The zero-order valence-corrected chi connectivity index (χ0v) is 14.3. The summed E-state index contributed by atoms with van der Waals surface area (Å²) in [7, 11) is 0. The maximum Gasteiger partial charge on any atom is 0.222 e. The molecule has 1 aliphatic rings. The summed E-state index contributed by atoms with van der Waals surface area (Å²) in [6, 6.07) is 9.89. The molecule has 3 aromatic rings. The number of hydrogen-bond acceptors (Lipinski definition) is 7. The molecule has 1 N–H and O–H groups in total. The van der Waals surface area contributed by atoms with Gasteiger partial charge in [0.2, 0.25) is 5.28 Å². The zero-order valence-electron chi connectivity index (χ0n) is 12.8. The van der Waals surface area contributed by atoms with Crippen molar-refractivity contribution in [3.05, 3.63) is 48.0 Å². The van der Waals surface area contributed by atoms with E-state index in [1.807, 2.05) is 24.5 Å². The summed E-state index contributed by atoms with van der Waals surface area (Å²) in [6.45, 7) is 0.661. The molecule has 4 rings (SSSR count). The van der Waals surface area contributed by atoms with Crippen LogP contribution in [0.2, 0.25) is 5.28 Å². The first-order valence-electron chi connectivity index (χ1n) is 7.26. The Balaban J connectivity index is 1.70. The normalized spacial score (nSPS) is 12.8. The van der Waals surface area contributed by atoms with Crippen molar-refractivity contribution in [1.29, 1.82) is 0 Å². The van der Waals surface area contributed by atoms with Crippen LogP contribution in [-0.4, -0.2) is 32.9 Å². The molecule has 8 heteroatoms. The second-order valence-electron chi connectivity index (χ2n) is 5.11. The Morgan fingerprint density at radius 2 is 2.00 bits per heavy atom. The van der Waals surface area contributed by atoms with Crippen LogP contribution in [0.15, 0.2) is 47.9 Å². The molecule has 0 radical (unpaired) electrons. The van der Waals surface area contributed by atoms with Gasteiger partial charge in [-0.3, -0.25) is 0 Å². The molecule has 0 amide bonds. The smallest absolute Gasteiger partial charge is 0.222 e. The second kappa shape index (κ2) is 6.26. The number of thioether (sulfide) groups is 1. The summed E-state index contributed by atoms with van der Waals surface area (Å²) >= 11 is 7.41. The highest BCUT2D eigenvalue weighted by molar-refractivity contribution is 7.98. The number of halogens is 1. The molecular formula is C16H13ClN6S. The molecule has 0 bridgehead atoms. The average molecular weight is 357 g/mol. The molecule has 0 saturated carbocycles.